The van der Waals surface area contributed by atoms with Gasteiger partial charge in [-0.25, -0.2) is 9.97 Å². The molecule has 0 aliphatic heterocycles. The van der Waals surface area contributed by atoms with E-state index in [1.165, 1.54) is 32.0 Å². The first-order chi connectivity index (χ1) is 8.81. The van der Waals surface area contributed by atoms with Gasteiger partial charge in [-0.3, -0.25) is 4.79 Å². The van der Waals surface area contributed by atoms with Crippen LogP contribution in [0, 0.1) is 11.8 Å². The highest BCUT2D eigenvalue weighted by atomic mass is 79.9. The Morgan fingerprint density at radius 3 is 2.61 bits per heavy atom. The van der Waals surface area contributed by atoms with Crippen molar-refractivity contribution < 1.29 is 4.79 Å². The lowest BCUT2D eigenvalue weighted by atomic mass is 9.80. The van der Waals surface area contributed by atoms with E-state index < -0.39 is 0 Å². The number of nitrogens with one attached hydrogen (secondary N) is 1. The normalized spacial score (nSPS) is 23.6. The molecule has 1 amide bonds. The number of hydrogen-bond acceptors (Lipinski definition) is 3. The quantitative estimate of drug-likeness (QED) is 0.869. The molecule has 1 aliphatic rings. The second-order valence-electron chi connectivity index (χ2n) is 4.80. The summed E-state index contributed by atoms with van der Waals surface area (Å²) in [5, 5.41) is 4.02. The number of halogens is 1. The number of aromatic nitrogens is 2. The molecule has 2 rings (SSSR count). The van der Waals surface area contributed by atoms with E-state index in [0.29, 0.717) is 17.4 Å². The van der Waals surface area contributed by atoms with Gasteiger partial charge in [0.15, 0.2) is 0 Å². The third-order valence-corrected chi connectivity index (χ3v) is 4.44. The summed E-state index contributed by atoms with van der Waals surface area (Å²) in [5.41, 5.74) is 0.531. The number of hydrogen-bond donors (Lipinski definition) is 1. The van der Waals surface area contributed by atoms with Crippen LogP contribution in [0.5, 0.6) is 0 Å². The fourth-order valence-electron chi connectivity index (χ4n) is 2.50. The van der Waals surface area contributed by atoms with Crippen molar-refractivity contribution in [2.24, 2.45) is 11.8 Å². The predicted octanol–water partition coefficient (Wildman–Crippen LogP) is 2.41. The lowest BCUT2D eigenvalue weighted by Gasteiger charge is -2.30. The molecule has 0 radical (unpaired) electrons. The number of carbonyl (C=O) groups is 1. The van der Waals surface area contributed by atoms with E-state index in [1.807, 2.05) is 0 Å². The maximum absolute atomic E-state index is 11.9. The van der Waals surface area contributed by atoms with Crippen LogP contribution in [-0.2, 0) is 0 Å². The van der Waals surface area contributed by atoms with E-state index in [-0.39, 0.29) is 5.91 Å². The van der Waals surface area contributed by atoms with E-state index >= 15 is 0 Å². The number of rotatable bonds is 4. The summed E-state index contributed by atoms with van der Waals surface area (Å²) in [6, 6.07) is 0. The molecule has 1 aliphatic carbocycles. The molecule has 98 valence electrons. The molecule has 2 atom stereocenters. The van der Waals surface area contributed by atoms with E-state index in [2.05, 4.69) is 31.2 Å². The molecule has 2 unspecified atom stereocenters. The van der Waals surface area contributed by atoms with Gasteiger partial charge < -0.3 is 5.32 Å². The Bertz CT molecular complexity index is 385. The van der Waals surface area contributed by atoms with Crippen LogP contribution in [0.15, 0.2) is 18.7 Å². The molecule has 0 aromatic carbocycles. The second kappa shape index (κ2) is 6.83. The topological polar surface area (TPSA) is 54.9 Å². The molecule has 1 fully saturated rings. The molecule has 1 aromatic rings. The predicted molar refractivity (Wildman–Crippen MR) is 73.6 cm³/mol. The minimum Gasteiger partial charge on any atom is -0.352 e. The molecule has 4 nitrogen and oxygen atoms in total. The van der Waals surface area contributed by atoms with E-state index in [0.717, 1.165) is 11.9 Å². The van der Waals surface area contributed by atoms with Gasteiger partial charge >= 0.3 is 0 Å². The Morgan fingerprint density at radius 2 is 1.94 bits per heavy atom. The number of carbonyl (C=O) groups excluding carboxylic acids is 1. The van der Waals surface area contributed by atoms with Gasteiger partial charge in [-0.2, -0.15) is 0 Å². The van der Waals surface area contributed by atoms with E-state index in [1.54, 1.807) is 12.4 Å². The lowest BCUT2D eigenvalue weighted by Crippen LogP contribution is -2.34. The fourth-order valence-corrected chi connectivity index (χ4v) is 3.35. The zero-order valence-corrected chi connectivity index (χ0v) is 11.9. The monoisotopic (exact) mass is 311 g/mol. The molecule has 1 N–H and O–H groups in total. The molecule has 1 heterocycles. The van der Waals surface area contributed by atoms with Crippen molar-refractivity contribution in [3.63, 3.8) is 0 Å². The van der Waals surface area contributed by atoms with Crippen LogP contribution in [0.1, 0.15) is 36.0 Å². The molecule has 1 saturated carbocycles. The lowest BCUT2D eigenvalue weighted by molar-refractivity contribution is 0.0936. The van der Waals surface area contributed by atoms with Crippen LogP contribution in [0.2, 0.25) is 0 Å². The molecule has 5 heteroatoms. The Hall–Kier alpha value is -0.970. The summed E-state index contributed by atoms with van der Waals surface area (Å²) in [6.45, 7) is 0.754. The van der Waals surface area contributed by atoms with Crippen LogP contribution < -0.4 is 5.32 Å². The Morgan fingerprint density at radius 1 is 1.28 bits per heavy atom. The van der Waals surface area contributed by atoms with Gasteiger partial charge in [0.1, 0.15) is 6.33 Å². The highest BCUT2D eigenvalue weighted by Crippen LogP contribution is 2.30. The maximum atomic E-state index is 11.9. The molecule has 0 bridgehead atoms. The number of nitrogens with zero attached hydrogens (tertiary/aromatic N) is 2. The van der Waals surface area contributed by atoms with Crippen molar-refractivity contribution in [1.29, 1.82) is 0 Å². The summed E-state index contributed by atoms with van der Waals surface area (Å²) in [6.07, 6.45) is 9.59. The molecule has 0 saturated heterocycles. The first kappa shape index (κ1) is 13.5. The third kappa shape index (κ3) is 3.51. The van der Waals surface area contributed by atoms with E-state index in [4.69, 9.17) is 0 Å². The van der Waals surface area contributed by atoms with Crippen molar-refractivity contribution in [3.8, 4) is 0 Å². The number of alkyl halides is 1. The van der Waals surface area contributed by atoms with Gasteiger partial charge in [0.25, 0.3) is 5.91 Å². The van der Waals surface area contributed by atoms with Crippen LogP contribution in [0.25, 0.3) is 0 Å². The third-order valence-electron chi connectivity index (χ3n) is 3.61. The highest BCUT2D eigenvalue weighted by Gasteiger charge is 2.24. The molecule has 18 heavy (non-hydrogen) atoms. The van der Waals surface area contributed by atoms with Crippen molar-refractivity contribution in [3.05, 3.63) is 24.3 Å². The molecular weight excluding hydrogens is 294 g/mol. The minimum absolute atomic E-state index is 0.0745. The first-order valence-corrected chi connectivity index (χ1v) is 7.52. The standard InChI is InChI=1S/C13H18BrN3O/c14-5-10-3-1-2-4-11(10)8-17-13(18)12-6-15-9-16-7-12/h6-7,9-11H,1-5,8H2,(H,17,18). The smallest absolute Gasteiger partial charge is 0.254 e. The summed E-state index contributed by atoms with van der Waals surface area (Å²) >= 11 is 3.57. The van der Waals surface area contributed by atoms with Crippen molar-refractivity contribution in [2.75, 3.05) is 11.9 Å². The van der Waals surface area contributed by atoms with Gasteiger partial charge in [0, 0.05) is 24.3 Å². The first-order valence-electron chi connectivity index (χ1n) is 6.40. The zero-order valence-electron chi connectivity index (χ0n) is 10.3. The van der Waals surface area contributed by atoms with Crippen molar-refractivity contribution in [1.82, 2.24) is 15.3 Å². The summed E-state index contributed by atoms with van der Waals surface area (Å²) in [4.78, 5) is 19.6. The molecular formula is C13H18BrN3O. The Labute approximate surface area is 116 Å². The SMILES string of the molecule is O=C(NCC1CCCCC1CBr)c1cncnc1. The van der Waals surface area contributed by atoms with Crippen LogP contribution in [0.4, 0.5) is 0 Å². The number of amides is 1. The minimum atomic E-state index is -0.0745. The van der Waals surface area contributed by atoms with Crippen LogP contribution >= 0.6 is 15.9 Å². The molecule has 1 aromatic heterocycles. The summed E-state index contributed by atoms with van der Waals surface area (Å²) in [5.74, 6) is 1.20. The van der Waals surface area contributed by atoms with Gasteiger partial charge in [0.2, 0.25) is 0 Å². The fraction of sp³-hybridized carbons (Fsp3) is 0.615. The van der Waals surface area contributed by atoms with Gasteiger partial charge in [-0.15, -0.1) is 0 Å². The Balaban J connectivity index is 1.85. The summed E-state index contributed by atoms with van der Waals surface area (Å²) < 4.78 is 0. The van der Waals surface area contributed by atoms with Gasteiger partial charge in [0.05, 0.1) is 5.56 Å². The average molecular weight is 312 g/mol. The van der Waals surface area contributed by atoms with Crippen LogP contribution in [0.3, 0.4) is 0 Å². The van der Waals surface area contributed by atoms with Crippen molar-refractivity contribution >= 4 is 21.8 Å². The molecule has 0 spiro atoms. The highest BCUT2D eigenvalue weighted by molar-refractivity contribution is 9.09. The zero-order chi connectivity index (χ0) is 12.8. The van der Waals surface area contributed by atoms with E-state index in [9.17, 15) is 4.79 Å². The van der Waals surface area contributed by atoms with Gasteiger partial charge in [-0.05, 0) is 24.7 Å². The van der Waals surface area contributed by atoms with Crippen LogP contribution in [-0.4, -0.2) is 27.7 Å². The Kier molecular flexibility index (Phi) is 5.11. The van der Waals surface area contributed by atoms with Crippen molar-refractivity contribution in [2.45, 2.75) is 25.7 Å². The van der Waals surface area contributed by atoms with Gasteiger partial charge in [-0.1, -0.05) is 28.8 Å². The largest absolute Gasteiger partial charge is 0.352 e. The second-order valence-corrected chi connectivity index (χ2v) is 5.44. The maximum Gasteiger partial charge on any atom is 0.254 e. The average Bonchev–Trinajstić information content (AvgIpc) is 2.46. The summed E-state index contributed by atoms with van der Waals surface area (Å²) in [7, 11) is 0.